The minimum absolute atomic E-state index is 0.0000803. The van der Waals surface area contributed by atoms with Gasteiger partial charge in [-0.05, 0) is 24.6 Å². The zero-order chi connectivity index (χ0) is 20.1. The molecule has 0 fully saturated rings. The predicted octanol–water partition coefficient (Wildman–Crippen LogP) is 2.18. The second-order valence-corrected chi connectivity index (χ2v) is 7.50. The van der Waals surface area contributed by atoms with E-state index in [0.29, 0.717) is 0 Å². The Balaban J connectivity index is 2.43. The zero-order valence-electron chi connectivity index (χ0n) is 15.3. The van der Waals surface area contributed by atoms with Gasteiger partial charge >= 0.3 is 0 Å². The standard InChI is InChI=1S/C19H21NO6S/c1-14(21)19(25-2,13-15-9-5-4-6-10-15)18(22)20-16-11-7-8-12-17(16)27(23,24)26-3/h4-12H,13H2,1-3H3,(H,20,22). The van der Waals surface area contributed by atoms with Crippen LogP contribution < -0.4 is 5.32 Å². The molecule has 2 rings (SSSR count). The highest BCUT2D eigenvalue weighted by Crippen LogP contribution is 2.26. The van der Waals surface area contributed by atoms with E-state index < -0.39 is 27.4 Å². The highest BCUT2D eigenvalue weighted by molar-refractivity contribution is 7.87. The molecule has 0 aliphatic heterocycles. The van der Waals surface area contributed by atoms with Crippen LogP contribution in [-0.2, 0) is 35.0 Å². The molecule has 7 nitrogen and oxygen atoms in total. The van der Waals surface area contributed by atoms with Crippen molar-refractivity contribution in [1.29, 1.82) is 0 Å². The molecule has 0 radical (unpaired) electrons. The Morgan fingerprint density at radius 3 is 2.15 bits per heavy atom. The molecule has 0 spiro atoms. The summed E-state index contributed by atoms with van der Waals surface area (Å²) in [5.41, 5.74) is -1.08. The molecule has 0 aromatic heterocycles. The lowest BCUT2D eigenvalue weighted by molar-refractivity contribution is -0.151. The van der Waals surface area contributed by atoms with E-state index in [1.54, 1.807) is 30.3 Å². The quantitative estimate of drug-likeness (QED) is 0.547. The first-order chi connectivity index (χ1) is 12.8. The maximum atomic E-state index is 13.0. The molecule has 0 aliphatic carbocycles. The number of ether oxygens (including phenoxy) is 1. The lowest BCUT2D eigenvalue weighted by Gasteiger charge is -2.29. The number of Topliss-reactive ketones (excluding diaryl/α,β-unsaturated/α-hetero) is 1. The number of nitrogens with one attached hydrogen (secondary N) is 1. The van der Waals surface area contributed by atoms with E-state index in [0.717, 1.165) is 12.7 Å². The van der Waals surface area contributed by atoms with Crippen molar-refractivity contribution < 1.29 is 26.9 Å². The Bertz CT molecular complexity index is 926. The van der Waals surface area contributed by atoms with E-state index in [-0.39, 0.29) is 17.0 Å². The third-order valence-corrected chi connectivity index (χ3v) is 5.54. The van der Waals surface area contributed by atoms with Gasteiger partial charge in [-0.3, -0.25) is 13.8 Å². The SMILES string of the molecule is COC(Cc1ccccc1)(C(C)=O)C(=O)Nc1ccccc1S(=O)(=O)OC. The van der Waals surface area contributed by atoms with Gasteiger partial charge in [0.25, 0.3) is 16.0 Å². The van der Waals surface area contributed by atoms with Crippen molar-refractivity contribution in [2.24, 2.45) is 0 Å². The molecule has 1 N–H and O–H groups in total. The first-order valence-corrected chi connectivity index (χ1v) is 9.49. The molecule has 2 aromatic rings. The molecule has 1 unspecified atom stereocenters. The molecule has 2 aromatic carbocycles. The third kappa shape index (κ3) is 4.41. The molecule has 0 bridgehead atoms. The van der Waals surface area contributed by atoms with Gasteiger partial charge in [0.1, 0.15) is 4.90 Å². The number of carbonyl (C=O) groups excluding carboxylic acids is 2. The van der Waals surface area contributed by atoms with Gasteiger partial charge in [-0.1, -0.05) is 42.5 Å². The average molecular weight is 391 g/mol. The maximum Gasteiger partial charge on any atom is 0.298 e. The van der Waals surface area contributed by atoms with Crippen LogP contribution in [0.15, 0.2) is 59.5 Å². The highest BCUT2D eigenvalue weighted by atomic mass is 32.2. The van der Waals surface area contributed by atoms with Gasteiger partial charge in [0, 0.05) is 13.5 Å². The Labute approximate surface area is 158 Å². The summed E-state index contributed by atoms with van der Waals surface area (Å²) in [4.78, 5) is 25.1. The minimum Gasteiger partial charge on any atom is -0.361 e. The zero-order valence-corrected chi connectivity index (χ0v) is 16.1. The number of methoxy groups -OCH3 is 1. The van der Waals surface area contributed by atoms with Gasteiger partial charge in [0.15, 0.2) is 5.78 Å². The summed E-state index contributed by atoms with van der Waals surface area (Å²) in [6.07, 6.45) is 0.00466. The minimum atomic E-state index is -4.05. The fraction of sp³-hybridized carbons (Fsp3) is 0.263. The fourth-order valence-corrected chi connectivity index (χ4v) is 3.47. The van der Waals surface area contributed by atoms with Gasteiger partial charge in [-0.25, -0.2) is 0 Å². The number of carbonyl (C=O) groups is 2. The second kappa shape index (κ2) is 8.43. The van der Waals surface area contributed by atoms with Crippen LogP contribution in [-0.4, -0.2) is 39.9 Å². The lowest BCUT2D eigenvalue weighted by Crippen LogP contribution is -2.52. The van der Waals surface area contributed by atoms with Gasteiger partial charge in [0.2, 0.25) is 5.60 Å². The largest absolute Gasteiger partial charge is 0.361 e. The predicted molar refractivity (Wildman–Crippen MR) is 99.8 cm³/mol. The fourth-order valence-electron chi connectivity index (χ4n) is 2.66. The molecule has 1 amide bonds. The smallest absolute Gasteiger partial charge is 0.298 e. The van der Waals surface area contributed by atoms with E-state index in [1.807, 2.05) is 6.07 Å². The molecule has 27 heavy (non-hydrogen) atoms. The van der Waals surface area contributed by atoms with Crippen molar-refractivity contribution in [3.05, 3.63) is 60.2 Å². The molecule has 0 saturated carbocycles. The van der Waals surface area contributed by atoms with Crippen molar-refractivity contribution >= 4 is 27.5 Å². The molecule has 0 saturated heterocycles. The molecule has 144 valence electrons. The summed E-state index contributed by atoms with van der Waals surface area (Å²) in [5, 5.41) is 2.50. The van der Waals surface area contributed by atoms with Crippen LogP contribution in [0.5, 0.6) is 0 Å². The van der Waals surface area contributed by atoms with Crippen molar-refractivity contribution in [2.75, 3.05) is 19.5 Å². The van der Waals surface area contributed by atoms with E-state index in [4.69, 9.17) is 4.74 Å². The van der Waals surface area contributed by atoms with Crippen molar-refractivity contribution in [3.63, 3.8) is 0 Å². The normalized spacial score (nSPS) is 13.6. The summed E-state index contributed by atoms with van der Waals surface area (Å²) >= 11 is 0. The maximum absolute atomic E-state index is 13.0. The molecule has 8 heteroatoms. The number of para-hydroxylation sites is 1. The van der Waals surface area contributed by atoms with Crippen molar-refractivity contribution in [3.8, 4) is 0 Å². The molecule has 1 atom stereocenters. The summed E-state index contributed by atoms with van der Waals surface area (Å²) in [6.45, 7) is 1.25. The number of benzene rings is 2. The van der Waals surface area contributed by atoms with Gasteiger partial charge in [-0.15, -0.1) is 0 Å². The topological polar surface area (TPSA) is 98.8 Å². The monoisotopic (exact) mass is 391 g/mol. The van der Waals surface area contributed by atoms with Gasteiger partial charge in [0.05, 0.1) is 12.8 Å². The summed E-state index contributed by atoms with van der Waals surface area (Å²) in [5.74, 6) is -1.27. The first kappa shape index (κ1) is 20.8. The first-order valence-electron chi connectivity index (χ1n) is 8.08. The van der Waals surface area contributed by atoms with Crippen LogP contribution in [0.3, 0.4) is 0 Å². The summed E-state index contributed by atoms with van der Waals surface area (Å²) < 4.78 is 34.0. The van der Waals surface area contributed by atoms with E-state index >= 15 is 0 Å². The molecule has 0 heterocycles. The molecular formula is C19H21NO6S. The number of anilines is 1. The number of hydrogen-bond acceptors (Lipinski definition) is 6. The summed E-state index contributed by atoms with van der Waals surface area (Å²) in [7, 11) is -1.75. The third-order valence-electron chi connectivity index (χ3n) is 4.20. The van der Waals surface area contributed by atoms with Crippen LogP contribution in [0.25, 0.3) is 0 Å². The lowest BCUT2D eigenvalue weighted by atomic mass is 9.89. The van der Waals surface area contributed by atoms with Gasteiger partial charge < -0.3 is 10.1 Å². The average Bonchev–Trinajstić information content (AvgIpc) is 2.67. The molecular weight excluding hydrogens is 370 g/mol. The van der Waals surface area contributed by atoms with Crippen LogP contribution in [0.4, 0.5) is 5.69 Å². The van der Waals surface area contributed by atoms with Crippen molar-refractivity contribution in [1.82, 2.24) is 0 Å². The second-order valence-electron chi connectivity index (χ2n) is 5.82. The Morgan fingerprint density at radius 2 is 1.59 bits per heavy atom. The Hall–Kier alpha value is -2.55. The van der Waals surface area contributed by atoms with Crippen LogP contribution in [0, 0.1) is 0 Å². The Morgan fingerprint density at radius 1 is 1.00 bits per heavy atom. The number of ketones is 1. The Kier molecular flexibility index (Phi) is 6.48. The van der Waals surface area contributed by atoms with E-state index in [1.165, 1.54) is 32.2 Å². The van der Waals surface area contributed by atoms with Crippen LogP contribution in [0.1, 0.15) is 12.5 Å². The van der Waals surface area contributed by atoms with Gasteiger partial charge in [-0.2, -0.15) is 8.42 Å². The highest BCUT2D eigenvalue weighted by Gasteiger charge is 2.44. The number of rotatable bonds is 8. The summed E-state index contributed by atoms with van der Waals surface area (Å²) in [6, 6.07) is 14.7. The number of hydrogen-bond donors (Lipinski definition) is 1. The molecule has 0 aliphatic rings. The number of amides is 1. The van der Waals surface area contributed by atoms with E-state index in [2.05, 4.69) is 9.50 Å². The van der Waals surface area contributed by atoms with Crippen LogP contribution in [0.2, 0.25) is 0 Å². The van der Waals surface area contributed by atoms with Crippen molar-refractivity contribution in [2.45, 2.75) is 23.8 Å². The van der Waals surface area contributed by atoms with Crippen LogP contribution >= 0.6 is 0 Å². The van der Waals surface area contributed by atoms with E-state index in [9.17, 15) is 18.0 Å².